The summed E-state index contributed by atoms with van der Waals surface area (Å²) in [5.74, 6) is 0.776. The van der Waals surface area contributed by atoms with E-state index in [9.17, 15) is 4.79 Å². The molecule has 1 aliphatic rings. The van der Waals surface area contributed by atoms with E-state index >= 15 is 0 Å². The molecule has 5 nitrogen and oxygen atoms in total. The number of rotatable bonds is 2. The van der Waals surface area contributed by atoms with Crippen LogP contribution in [0.5, 0.6) is 0 Å². The molecule has 2 aromatic rings. The Hall–Kier alpha value is -2.14. The van der Waals surface area contributed by atoms with Gasteiger partial charge in [0.1, 0.15) is 0 Å². The molecule has 1 fully saturated rings. The number of nitrogens with one attached hydrogen (secondary N) is 1. The first-order chi connectivity index (χ1) is 10.2. The van der Waals surface area contributed by atoms with Crippen molar-refractivity contribution in [2.24, 2.45) is 0 Å². The Bertz CT molecular complexity index is 636. The molecule has 1 atom stereocenters. The molecular weight excluding hydrogens is 266 g/mol. The molecule has 1 amide bonds. The van der Waals surface area contributed by atoms with Gasteiger partial charge in [-0.25, -0.2) is 4.98 Å². The van der Waals surface area contributed by atoms with Crippen molar-refractivity contribution in [1.29, 1.82) is 0 Å². The number of nitrogens with zero attached hydrogens (tertiary/aromatic N) is 2. The lowest BCUT2D eigenvalue weighted by atomic mass is 10.2. The fraction of sp³-hybridized carbons (Fsp3) is 0.375. The van der Waals surface area contributed by atoms with Gasteiger partial charge in [0.2, 0.25) is 11.7 Å². The first kappa shape index (κ1) is 13.8. The Morgan fingerprint density at radius 3 is 2.86 bits per heavy atom. The van der Waals surface area contributed by atoms with Crippen LogP contribution in [-0.4, -0.2) is 41.5 Å². The van der Waals surface area contributed by atoms with Gasteiger partial charge in [-0.3, -0.25) is 4.79 Å². The molecule has 1 aromatic heterocycles. The third-order valence-corrected chi connectivity index (χ3v) is 3.77. The maximum atomic E-state index is 12.6. The van der Waals surface area contributed by atoms with E-state index in [-0.39, 0.29) is 11.9 Å². The lowest BCUT2D eigenvalue weighted by molar-refractivity contribution is 0.0623. The van der Waals surface area contributed by atoms with Crippen molar-refractivity contribution in [3.8, 4) is 11.5 Å². The van der Waals surface area contributed by atoms with E-state index < -0.39 is 0 Å². The van der Waals surface area contributed by atoms with Gasteiger partial charge in [0.25, 0.3) is 5.91 Å². The molecule has 1 N–H and O–H groups in total. The number of aryl methyl sites for hydroxylation is 1. The van der Waals surface area contributed by atoms with Crippen molar-refractivity contribution in [3.63, 3.8) is 0 Å². The van der Waals surface area contributed by atoms with Crippen molar-refractivity contribution in [2.75, 3.05) is 19.6 Å². The summed E-state index contributed by atoms with van der Waals surface area (Å²) >= 11 is 0. The molecule has 0 bridgehead atoms. The van der Waals surface area contributed by atoms with Crippen molar-refractivity contribution in [1.82, 2.24) is 15.2 Å². The van der Waals surface area contributed by atoms with Crippen molar-refractivity contribution >= 4 is 5.91 Å². The van der Waals surface area contributed by atoms with Crippen LogP contribution in [0, 0.1) is 6.92 Å². The molecule has 0 aliphatic carbocycles. The summed E-state index contributed by atoms with van der Waals surface area (Å²) in [5.41, 5.74) is 1.53. The van der Waals surface area contributed by atoms with Gasteiger partial charge in [-0.2, -0.15) is 0 Å². The second kappa shape index (κ2) is 5.69. The average molecular weight is 285 g/mol. The predicted molar refractivity (Wildman–Crippen MR) is 80.0 cm³/mol. The van der Waals surface area contributed by atoms with Crippen molar-refractivity contribution in [2.45, 2.75) is 19.9 Å². The van der Waals surface area contributed by atoms with E-state index in [0.717, 1.165) is 18.7 Å². The van der Waals surface area contributed by atoms with Crippen molar-refractivity contribution < 1.29 is 9.21 Å². The third-order valence-electron chi connectivity index (χ3n) is 3.77. The molecule has 1 aromatic carbocycles. The summed E-state index contributed by atoms with van der Waals surface area (Å²) in [6.07, 6.45) is 0. The van der Waals surface area contributed by atoms with E-state index in [2.05, 4.69) is 10.3 Å². The number of hydrogen-bond donors (Lipinski definition) is 1. The molecule has 2 heterocycles. The zero-order chi connectivity index (χ0) is 14.8. The van der Waals surface area contributed by atoms with E-state index in [0.29, 0.717) is 23.9 Å². The highest BCUT2D eigenvalue weighted by atomic mass is 16.4. The van der Waals surface area contributed by atoms with E-state index in [1.54, 1.807) is 0 Å². The number of amides is 1. The van der Waals surface area contributed by atoms with Crippen LogP contribution in [0.1, 0.15) is 23.2 Å². The summed E-state index contributed by atoms with van der Waals surface area (Å²) in [6, 6.07) is 9.80. The summed E-state index contributed by atoms with van der Waals surface area (Å²) in [6.45, 7) is 6.17. The molecule has 21 heavy (non-hydrogen) atoms. The number of piperazine rings is 1. The Balaban J connectivity index is 1.89. The molecule has 3 rings (SSSR count). The Morgan fingerprint density at radius 1 is 1.38 bits per heavy atom. The first-order valence-electron chi connectivity index (χ1n) is 7.21. The van der Waals surface area contributed by atoms with Crippen LogP contribution in [0.15, 0.2) is 34.7 Å². The molecule has 1 aliphatic heterocycles. The van der Waals surface area contributed by atoms with Crippen LogP contribution >= 0.6 is 0 Å². The summed E-state index contributed by atoms with van der Waals surface area (Å²) in [4.78, 5) is 18.9. The van der Waals surface area contributed by atoms with Gasteiger partial charge >= 0.3 is 0 Å². The fourth-order valence-electron chi connectivity index (χ4n) is 2.57. The van der Waals surface area contributed by atoms with E-state index in [1.807, 2.05) is 49.1 Å². The monoisotopic (exact) mass is 285 g/mol. The van der Waals surface area contributed by atoms with E-state index in [1.165, 1.54) is 0 Å². The summed E-state index contributed by atoms with van der Waals surface area (Å²) < 4.78 is 5.74. The highest BCUT2D eigenvalue weighted by Crippen LogP contribution is 2.23. The van der Waals surface area contributed by atoms with Crippen LogP contribution in [0.25, 0.3) is 11.5 Å². The Morgan fingerprint density at radius 2 is 2.14 bits per heavy atom. The maximum absolute atomic E-state index is 12.6. The highest BCUT2D eigenvalue weighted by Gasteiger charge is 2.28. The largest absolute Gasteiger partial charge is 0.431 e. The fourth-order valence-corrected chi connectivity index (χ4v) is 2.57. The number of oxazole rings is 1. The molecule has 5 heteroatoms. The van der Waals surface area contributed by atoms with Gasteiger partial charge in [0.15, 0.2) is 0 Å². The van der Waals surface area contributed by atoms with Gasteiger partial charge in [-0.05, 0) is 26.0 Å². The van der Waals surface area contributed by atoms with Gasteiger partial charge in [0.05, 0.1) is 5.69 Å². The van der Waals surface area contributed by atoms with E-state index in [4.69, 9.17) is 4.42 Å². The zero-order valence-electron chi connectivity index (χ0n) is 12.3. The lowest BCUT2D eigenvalue weighted by Gasteiger charge is -2.33. The van der Waals surface area contributed by atoms with Crippen LogP contribution in [0.4, 0.5) is 0 Å². The summed E-state index contributed by atoms with van der Waals surface area (Å²) in [7, 11) is 0. The quantitative estimate of drug-likeness (QED) is 0.918. The molecule has 0 radical (unpaired) electrons. The lowest BCUT2D eigenvalue weighted by Crippen LogP contribution is -2.52. The maximum Gasteiger partial charge on any atom is 0.291 e. The summed E-state index contributed by atoms with van der Waals surface area (Å²) in [5, 5.41) is 3.28. The second-order valence-electron chi connectivity index (χ2n) is 5.35. The van der Waals surface area contributed by atoms with Crippen LogP contribution < -0.4 is 5.32 Å². The number of carbonyl (C=O) groups is 1. The molecule has 1 saturated heterocycles. The minimum Gasteiger partial charge on any atom is -0.431 e. The van der Waals surface area contributed by atoms with Gasteiger partial charge in [0, 0.05) is 31.2 Å². The van der Waals surface area contributed by atoms with Gasteiger partial charge in [-0.1, -0.05) is 18.2 Å². The Kier molecular flexibility index (Phi) is 3.75. The number of benzene rings is 1. The van der Waals surface area contributed by atoms with Gasteiger partial charge in [-0.15, -0.1) is 0 Å². The number of hydrogen-bond acceptors (Lipinski definition) is 4. The first-order valence-corrected chi connectivity index (χ1v) is 7.21. The molecular formula is C16H19N3O2. The molecule has 0 saturated carbocycles. The zero-order valence-corrected chi connectivity index (χ0v) is 12.3. The standard InChI is InChI=1S/C16H19N3O2/c1-11-10-17-8-9-19(11)16(20)14-12(2)18-15(21-14)13-6-4-3-5-7-13/h3-7,11,17H,8-10H2,1-2H3/t11-/m0/s1. The van der Waals surface area contributed by atoms with Gasteiger partial charge < -0.3 is 14.6 Å². The molecule has 110 valence electrons. The average Bonchev–Trinajstić information content (AvgIpc) is 2.90. The topological polar surface area (TPSA) is 58.4 Å². The predicted octanol–water partition coefficient (Wildman–Crippen LogP) is 2.08. The number of aromatic nitrogens is 1. The highest BCUT2D eigenvalue weighted by molar-refractivity contribution is 5.93. The SMILES string of the molecule is Cc1nc(-c2ccccc2)oc1C(=O)N1CCNC[C@@H]1C. The normalized spacial score (nSPS) is 18.8. The third kappa shape index (κ3) is 2.69. The Labute approximate surface area is 124 Å². The van der Waals surface area contributed by atoms with Crippen LogP contribution in [-0.2, 0) is 0 Å². The second-order valence-corrected chi connectivity index (χ2v) is 5.35. The molecule has 0 unspecified atom stereocenters. The number of carbonyl (C=O) groups excluding carboxylic acids is 1. The molecule has 0 spiro atoms. The van der Waals surface area contributed by atoms with Crippen molar-refractivity contribution in [3.05, 3.63) is 41.8 Å². The smallest absolute Gasteiger partial charge is 0.291 e. The minimum absolute atomic E-state index is 0.0730. The minimum atomic E-state index is -0.0730. The van der Waals surface area contributed by atoms with Crippen LogP contribution in [0.2, 0.25) is 0 Å². The van der Waals surface area contributed by atoms with Crippen LogP contribution in [0.3, 0.4) is 0 Å².